The summed E-state index contributed by atoms with van der Waals surface area (Å²) in [7, 11) is 1.59. The Balaban J connectivity index is 2.31. The quantitative estimate of drug-likeness (QED) is 0.833. The standard InChI is InChI=1S/C14H16ClNO2/c1-17-13-9-11(15)8-10(6-7-16)14(13)18-12-4-2-3-5-12/h8-9,12H,2-6H2,1H3. The Morgan fingerprint density at radius 3 is 2.72 bits per heavy atom. The predicted octanol–water partition coefficient (Wildman–Crippen LogP) is 3.74. The van der Waals surface area contributed by atoms with Gasteiger partial charge in [0.1, 0.15) is 0 Å². The maximum atomic E-state index is 8.87. The van der Waals surface area contributed by atoms with Gasteiger partial charge in [-0.25, -0.2) is 0 Å². The van der Waals surface area contributed by atoms with Gasteiger partial charge in [-0.15, -0.1) is 0 Å². The van der Waals surface area contributed by atoms with Crippen LogP contribution < -0.4 is 9.47 Å². The van der Waals surface area contributed by atoms with Crippen molar-refractivity contribution in [1.82, 2.24) is 0 Å². The molecule has 0 N–H and O–H groups in total. The Labute approximate surface area is 112 Å². The number of nitrogens with zero attached hydrogens (tertiary/aromatic N) is 1. The monoisotopic (exact) mass is 265 g/mol. The fourth-order valence-corrected chi connectivity index (χ4v) is 2.53. The van der Waals surface area contributed by atoms with Gasteiger partial charge in [0.25, 0.3) is 0 Å². The molecule has 1 aliphatic rings. The molecule has 0 amide bonds. The highest BCUT2D eigenvalue weighted by Gasteiger charge is 2.21. The molecule has 1 aromatic carbocycles. The zero-order valence-electron chi connectivity index (χ0n) is 10.4. The Morgan fingerprint density at radius 1 is 1.39 bits per heavy atom. The average molecular weight is 266 g/mol. The van der Waals surface area contributed by atoms with E-state index in [1.807, 2.05) is 0 Å². The van der Waals surface area contributed by atoms with Gasteiger partial charge in [0.2, 0.25) is 0 Å². The third-order valence-electron chi connectivity index (χ3n) is 3.17. The maximum Gasteiger partial charge on any atom is 0.165 e. The van der Waals surface area contributed by atoms with Gasteiger partial charge in [0.05, 0.1) is 25.7 Å². The summed E-state index contributed by atoms with van der Waals surface area (Å²) in [6, 6.07) is 5.64. The third kappa shape index (κ3) is 2.88. The molecule has 1 fully saturated rings. The number of hydrogen-bond donors (Lipinski definition) is 0. The highest BCUT2D eigenvalue weighted by atomic mass is 35.5. The van der Waals surface area contributed by atoms with Crippen molar-refractivity contribution in [3.8, 4) is 17.6 Å². The minimum absolute atomic E-state index is 0.234. The van der Waals surface area contributed by atoms with E-state index in [2.05, 4.69) is 6.07 Å². The molecule has 0 aliphatic heterocycles. The summed E-state index contributed by atoms with van der Waals surface area (Å²) in [4.78, 5) is 0. The second kappa shape index (κ2) is 5.97. The molecule has 0 unspecified atom stereocenters. The highest BCUT2D eigenvalue weighted by Crippen LogP contribution is 2.37. The van der Waals surface area contributed by atoms with E-state index >= 15 is 0 Å². The van der Waals surface area contributed by atoms with Crippen LogP contribution in [0.15, 0.2) is 12.1 Å². The lowest BCUT2D eigenvalue weighted by molar-refractivity contribution is 0.199. The molecule has 4 heteroatoms. The van der Waals surface area contributed by atoms with Gasteiger partial charge < -0.3 is 9.47 Å². The van der Waals surface area contributed by atoms with Crippen molar-refractivity contribution in [2.75, 3.05) is 7.11 Å². The smallest absolute Gasteiger partial charge is 0.165 e. The van der Waals surface area contributed by atoms with Gasteiger partial charge in [-0.05, 0) is 31.7 Å². The van der Waals surface area contributed by atoms with Crippen LogP contribution in [0.2, 0.25) is 5.02 Å². The first-order valence-electron chi connectivity index (χ1n) is 6.14. The zero-order valence-corrected chi connectivity index (χ0v) is 11.2. The number of hydrogen-bond acceptors (Lipinski definition) is 3. The fourth-order valence-electron chi connectivity index (χ4n) is 2.30. The average Bonchev–Trinajstić information content (AvgIpc) is 2.85. The van der Waals surface area contributed by atoms with Crippen LogP contribution in [-0.2, 0) is 6.42 Å². The Hall–Kier alpha value is -1.40. The molecule has 0 aromatic heterocycles. The molecule has 1 aromatic rings. The van der Waals surface area contributed by atoms with E-state index < -0.39 is 0 Å². The zero-order chi connectivity index (χ0) is 13.0. The summed E-state index contributed by atoms with van der Waals surface area (Å²) in [5.41, 5.74) is 0.800. The van der Waals surface area contributed by atoms with E-state index in [-0.39, 0.29) is 12.5 Å². The topological polar surface area (TPSA) is 42.2 Å². The molecule has 0 saturated heterocycles. The molecule has 0 spiro atoms. The molecule has 0 atom stereocenters. The first-order chi connectivity index (χ1) is 8.74. The minimum atomic E-state index is 0.234. The van der Waals surface area contributed by atoms with E-state index in [1.165, 1.54) is 12.8 Å². The number of halogens is 1. The van der Waals surface area contributed by atoms with Crippen LogP contribution in [0, 0.1) is 11.3 Å². The second-order valence-electron chi connectivity index (χ2n) is 4.46. The van der Waals surface area contributed by atoms with Gasteiger partial charge in [0.15, 0.2) is 11.5 Å². The summed E-state index contributed by atoms with van der Waals surface area (Å²) in [6.45, 7) is 0. The van der Waals surface area contributed by atoms with Crippen LogP contribution in [0.4, 0.5) is 0 Å². The van der Waals surface area contributed by atoms with Gasteiger partial charge in [-0.3, -0.25) is 0 Å². The van der Waals surface area contributed by atoms with E-state index in [0.717, 1.165) is 18.4 Å². The first-order valence-corrected chi connectivity index (χ1v) is 6.52. The second-order valence-corrected chi connectivity index (χ2v) is 4.89. The van der Waals surface area contributed by atoms with E-state index in [1.54, 1.807) is 19.2 Å². The normalized spacial score (nSPS) is 15.4. The van der Waals surface area contributed by atoms with Crippen LogP contribution in [0.5, 0.6) is 11.5 Å². The molecule has 18 heavy (non-hydrogen) atoms. The largest absolute Gasteiger partial charge is 0.493 e. The minimum Gasteiger partial charge on any atom is -0.493 e. The molecular formula is C14H16ClNO2. The summed E-state index contributed by atoms with van der Waals surface area (Å²) in [5.74, 6) is 1.29. The lowest BCUT2D eigenvalue weighted by Gasteiger charge is -2.18. The Morgan fingerprint density at radius 2 is 2.11 bits per heavy atom. The maximum absolute atomic E-state index is 8.87. The number of methoxy groups -OCH3 is 1. The summed E-state index contributed by atoms with van der Waals surface area (Å²) >= 11 is 6.01. The highest BCUT2D eigenvalue weighted by molar-refractivity contribution is 6.30. The Kier molecular flexibility index (Phi) is 4.33. The van der Waals surface area contributed by atoms with Crippen LogP contribution in [0.1, 0.15) is 31.2 Å². The summed E-state index contributed by atoms with van der Waals surface area (Å²) in [5, 5.41) is 9.44. The van der Waals surface area contributed by atoms with Crippen LogP contribution >= 0.6 is 11.6 Å². The summed E-state index contributed by atoms with van der Waals surface area (Å²) in [6.07, 6.45) is 5.05. The number of nitriles is 1. The predicted molar refractivity (Wildman–Crippen MR) is 70.2 cm³/mol. The van der Waals surface area contributed by atoms with Crippen molar-refractivity contribution >= 4 is 11.6 Å². The van der Waals surface area contributed by atoms with E-state index in [0.29, 0.717) is 16.5 Å². The molecule has 0 bridgehead atoms. The van der Waals surface area contributed by atoms with Crippen molar-refractivity contribution in [2.24, 2.45) is 0 Å². The van der Waals surface area contributed by atoms with Crippen molar-refractivity contribution < 1.29 is 9.47 Å². The van der Waals surface area contributed by atoms with Gasteiger partial charge in [0, 0.05) is 16.7 Å². The van der Waals surface area contributed by atoms with Crippen LogP contribution in [0.3, 0.4) is 0 Å². The van der Waals surface area contributed by atoms with Gasteiger partial charge >= 0.3 is 0 Å². The molecule has 96 valence electrons. The van der Waals surface area contributed by atoms with Crippen molar-refractivity contribution in [3.63, 3.8) is 0 Å². The molecule has 1 saturated carbocycles. The molecule has 1 aliphatic carbocycles. The van der Waals surface area contributed by atoms with Crippen LogP contribution in [0.25, 0.3) is 0 Å². The molecule has 2 rings (SSSR count). The van der Waals surface area contributed by atoms with Crippen molar-refractivity contribution in [3.05, 3.63) is 22.7 Å². The van der Waals surface area contributed by atoms with Crippen molar-refractivity contribution in [1.29, 1.82) is 5.26 Å². The van der Waals surface area contributed by atoms with Crippen LogP contribution in [-0.4, -0.2) is 13.2 Å². The SMILES string of the molecule is COc1cc(Cl)cc(CC#N)c1OC1CCCC1. The lowest BCUT2D eigenvalue weighted by atomic mass is 10.1. The number of benzene rings is 1. The number of rotatable bonds is 4. The molecular weight excluding hydrogens is 250 g/mol. The third-order valence-corrected chi connectivity index (χ3v) is 3.39. The molecule has 0 heterocycles. The first kappa shape index (κ1) is 13.0. The fraction of sp³-hybridized carbons (Fsp3) is 0.500. The molecule has 3 nitrogen and oxygen atoms in total. The lowest BCUT2D eigenvalue weighted by Crippen LogP contribution is -2.13. The number of ether oxygens (including phenoxy) is 2. The molecule has 0 radical (unpaired) electrons. The summed E-state index contributed by atoms with van der Waals surface area (Å²) < 4.78 is 11.3. The van der Waals surface area contributed by atoms with E-state index in [9.17, 15) is 0 Å². The van der Waals surface area contributed by atoms with Crippen molar-refractivity contribution in [2.45, 2.75) is 38.2 Å². The van der Waals surface area contributed by atoms with E-state index in [4.69, 9.17) is 26.3 Å². The van der Waals surface area contributed by atoms with Gasteiger partial charge in [-0.1, -0.05) is 11.6 Å². The van der Waals surface area contributed by atoms with Gasteiger partial charge in [-0.2, -0.15) is 5.26 Å². The Bertz CT molecular complexity index is 462.